The zero-order chi connectivity index (χ0) is 18.9. The highest BCUT2D eigenvalue weighted by Crippen LogP contribution is 2.41. The molecule has 1 atom stereocenters. The molecule has 4 rings (SSSR count). The van der Waals surface area contributed by atoms with E-state index in [2.05, 4.69) is 69.4 Å². The molecule has 0 bridgehead atoms. The average molecular weight is 376 g/mol. The molecule has 1 N–H and O–H groups in total. The largest absolute Gasteiger partial charge is 0.347 e. The Hall–Kier alpha value is -2.98. The molecule has 1 aromatic carbocycles. The van der Waals surface area contributed by atoms with Gasteiger partial charge in [0.25, 0.3) is 0 Å². The topological polar surface area (TPSA) is 77.7 Å². The van der Waals surface area contributed by atoms with E-state index in [0.717, 1.165) is 25.2 Å². The maximum atomic E-state index is 8.95. The number of aromatic nitrogens is 3. The number of hydrogen-bond donors (Lipinski definition) is 1. The second-order valence-electron chi connectivity index (χ2n) is 6.92. The number of aryl methyl sites for hydroxylation is 1. The maximum Gasteiger partial charge on any atom is 0.189 e. The Kier molecular flexibility index (Phi) is 4.50. The van der Waals surface area contributed by atoms with E-state index in [1.807, 2.05) is 6.07 Å². The third-order valence-corrected chi connectivity index (χ3v) is 5.91. The Labute approximate surface area is 162 Å². The Bertz CT molecular complexity index is 990. The van der Waals surface area contributed by atoms with Gasteiger partial charge in [0.05, 0.1) is 11.7 Å². The fourth-order valence-corrected chi connectivity index (χ4v) is 4.22. The van der Waals surface area contributed by atoms with Crippen molar-refractivity contribution in [1.82, 2.24) is 15.0 Å². The molecule has 1 aliphatic rings. The van der Waals surface area contributed by atoms with Gasteiger partial charge < -0.3 is 10.2 Å². The fourth-order valence-electron chi connectivity index (χ4n) is 3.60. The normalized spacial score (nSPS) is 19.1. The molecule has 0 amide bonds. The van der Waals surface area contributed by atoms with Gasteiger partial charge >= 0.3 is 0 Å². The number of nitriles is 1. The Morgan fingerprint density at radius 2 is 2.04 bits per heavy atom. The second kappa shape index (κ2) is 6.97. The summed E-state index contributed by atoms with van der Waals surface area (Å²) in [5, 5.41) is 12.8. The molecule has 7 heteroatoms. The Morgan fingerprint density at radius 1 is 1.22 bits per heavy atom. The van der Waals surface area contributed by atoms with E-state index in [0.29, 0.717) is 15.8 Å². The lowest BCUT2D eigenvalue weighted by Gasteiger charge is -2.37. The molecule has 3 heterocycles. The molecule has 1 saturated heterocycles. The van der Waals surface area contributed by atoms with Crippen LogP contribution in [0.25, 0.3) is 0 Å². The molecule has 0 saturated carbocycles. The summed E-state index contributed by atoms with van der Waals surface area (Å²) in [4.78, 5) is 16.0. The van der Waals surface area contributed by atoms with Crippen LogP contribution in [0.5, 0.6) is 0 Å². The van der Waals surface area contributed by atoms with E-state index < -0.39 is 0 Å². The number of rotatable bonds is 4. The van der Waals surface area contributed by atoms with Gasteiger partial charge in [-0.3, -0.25) is 0 Å². The summed E-state index contributed by atoms with van der Waals surface area (Å²) >= 11 is 1.31. The van der Waals surface area contributed by atoms with Crippen molar-refractivity contribution in [2.75, 3.05) is 16.8 Å². The van der Waals surface area contributed by atoms with Gasteiger partial charge in [-0.1, -0.05) is 41.2 Å². The van der Waals surface area contributed by atoms with Crippen LogP contribution in [0.2, 0.25) is 0 Å². The highest BCUT2D eigenvalue weighted by atomic mass is 32.1. The van der Waals surface area contributed by atoms with Crippen molar-refractivity contribution in [3.8, 4) is 6.07 Å². The van der Waals surface area contributed by atoms with Crippen LogP contribution in [0.1, 0.15) is 35.8 Å². The predicted octanol–water partition coefficient (Wildman–Crippen LogP) is 4.37. The van der Waals surface area contributed by atoms with Crippen molar-refractivity contribution in [3.05, 3.63) is 58.9 Å². The van der Waals surface area contributed by atoms with Gasteiger partial charge in [-0.15, -0.1) is 0 Å². The summed E-state index contributed by atoms with van der Waals surface area (Å²) in [7, 11) is 0. The maximum absolute atomic E-state index is 8.95. The highest BCUT2D eigenvalue weighted by molar-refractivity contribution is 7.16. The summed E-state index contributed by atoms with van der Waals surface area (Å²) in [6.45, 7) is 5.34. The SMILES string of the molecule is Cc1ccc(C2(C)CCCN2c2cc(Nc3ncc(C#N)s3)ncn2)cc1. The molecule has 136 valence electrons. The van der Waals surface area contributed by atoms with Crippen LogP contribution >= 0.6 is 11.3 Å². The number of anilines is 3. The molecule has 2 aromatic heterocycles. The van der Waals surface area contributed by atoms with Crippen LogP contribution in [0.3, 0.4) is 0 Å². The minimum absolute atomic E-state index is 0.0888. The molecule has 3 aromatic rings. The van der Waals surface area contributed by atoms with E-state index in [1.165, 1.54) is 22.5 Å². The molecule has 1 unspecified atom stereocenters. The van der Waals surface area contributed by atoms with Gasteiger partial charge in [0, 0.05) is 12.6 Å². The van der Waals surface area contributed by atoms with Crippen LogP contribution < -0.4 is 10.2 Å². The molecule has 27 heavy (non-hydrogen) atoms. The highest BCUT2D eigenvalue weighted by Gasteiger charge is 2.39. The van der Waals surface area contributed by atoms with E-state index in [1.54, 1.807) is 12.5 Å². The summed E-state index contributed by atoms with van der Waals surface area (Å²) in [5.74, 6) is 1.57. The number of nitrogens with one attached hydrogen (secondary N) is 1. The minimum atomic E-state index is -0.0888. The average Bonchev–Trinajstić information content (AvgIpc) is 3.29. The number of hydrogen-bond acceptors (Lipinski definition) is 7. The van der Waals surface area contributed by atoms with Gasteiger partial charge in [-0.25, -0.2) is 15.0 Å². The monoisotopic (exact) mass is 376 g/mol. The summed E-state index contributed by atoms with van der Waals surface area (Å²) in [6, 6.07) is 12.8. The molecule has 1 aliphatic heterocycles. The first-order valence-electron chi connectivity index (χ1n) is 8.88. The molecule has 0 radical (unpaired) electrons. The zero-order valence-electron chi connectivity index (χ0n) is 15.3. The van der Waals surface area contributed by atoms with E-state index in [-0.39, 0.29) is 5.54 Å². The van der Waals surface area contributed by atoms with Crippen molar-refractivity contribution < 1.29 is 0 Å². The standard InChI is InChI=1S/C20H20N6S/c1-14-4-6-15(7-5-14)20(2)8-3-9-26(20)18-10-17(23-13-24-18)25-19-22-12-16(11-21)27-19/h4-7,10,12-13H,3,8-9H2,1-2H3,(H,22,23,24,25). The van der Waals surface area contributed by atoms with Crippen molar-refractivity contribution in [1.29, 1.82) is 5.26 Å². The molecule has 0 aliphatic carbocycles. The zero-order valence-corrected chi connectivity index (χ0v) is 16.1. The van der Waals surface area contributed by atoms with Gasteiger partial charge in [0.2, 0.25) is 0 Å². The summed E-state index contributed by atoms with van der Waals surface area (Å²) in [6.07, 6.45) is 5.34. The number of nitrogens with zero attached hydrogens (tertiary/aromatic N) is 5. The first-order chi connectivity index (χ1) is 13.1. The lowest BCUT2D eigenvalue weighted by atomic mass is 9.89. The van der Waals surface area contributed by atoms with Gasteiger partial charge in [-0.2, -0.15) is 5.26 Å². The van der Waals surface area contributed by atoms with Crippen molar-refractivity contribution in [2.24, 2.45) is 0 Å². The van der Waals surface area contributed by atoms with E-state index >= 15 is 0 Å². The lowest BCUT2D eigenvalue weighted by molar-refractivity contribution is 0.489. The second-order valence-corrected chi connectivity index (χ2v) is 7.95. The van der Waals surface area contributed by atoms with Crippen molar-refractivity contribution in [3.63, 3.8) is 0 Å². The van der Waals surface area contributed by atoms with Gasteiger partial charge in [0.15, 0.2) is 5.13 Å². The smallest absolute Gasteiger partial charge is 0.189 e. The van der Waals surface area contributed by atoms with Gasteiger partial charge in [0.1, 0.15) is 28.9 Å². The minimum Gasteiger partial charge on any atom is -0.347 e. The molecular formula is C20H20N6S. The summed E-state index contributed by atoms with van der Waals surface area (Å²) < 4.78 is 0. The van der Waals surface area contributed by atoms with E-state index in [4.69, 9.17) is 5.26 Å². The number of benzene rings is 1. The Balaban J connectivity index is 1.62. The molecular weight excluding hydrogens is 356 g/mol. The van der Waals surface area contributed by atoms with Crippen molar-refractivity contribution >= 4 is 28.1 Å². The first-order valence-corrected chi connectivity index (χ1v) is 9.70. The third-order valence-electron chi connectivity index (χ3n) is 5.09. The number of thiazole rings is 1. The quantitative estimate of drug-likeness (QED) is 0.728. The Morgan fingerprint density at radius 3 is 2.78 bits per heavy atom. The van der Waals surface area contributed by atoms with Crippen LogP contribution in [0.4, 0.5) is 16.8 Å². The lowest BCUT2D eigenvalue weighted by Crippen LogP contribution is -2.39. The molecule has 1 fully saturated rings. The van der Waals surface area contributed by atoms with Gasteiger partial charge in [-0.05, 0) is 32.3 Å². The van der Waals surface area contributed by atoms with E-state index in [9.17, 15) is 0 Å². The third kappa shape index (κ3) is 3.36. The van der Waals surface area contributed by atoms with Crippen LogP contribution in [0, 0.1) is 18.3 Å². The summed E-state index contributed by atoms with van der Waals surface area (Å²) in [5.41, 5.74) is 2.48. The van der Waals surface area contributed by atoms with Crippen LogP contribution in [-0.4, -0.2) is 21.5 Å². The molecule has 6 nitrogen and oxygen atoms in total. The van der Waals surface area contributed by atoms with Crippen LogP contribution in [-0.2, 0) is 5.54 Å². The van der Waals surface area contributed by atoms with Crippen molar-refractivity contribution in [2.45, 2.75) is 32.2 Å². The molecule has 0 spiro atoms. The fraction of sp³-hybridized carbons (Fsp3) is 0.300. The predicted molar refractivity (Wildman–Crippen MR) is 107 cm³/mol. The first kappa shape index (κ1) is 17.4. The van der Waals surface area contributed by atoms with Crippen LogP contribution in [0.15, 0.2) is 42.9 Å².